The summed E-state index contributed by atoms with van der Waals surface area (Å²) < 4.78 is 0. The molecule has 0 unspecified atom stereocenters. The lowest BCUT2D eigenvalue weighted by Gasteiger charge is -2.08. The third-order valence-electron chi connectivity index (χ3n) is 4.60. The van der Waals surface area contributed by atoms with E-state index in [0.29, 0.717) is 6.54 Å². The van der Waals surface area contributed by atoms with E-state index >= 15 is 0 Å². The van der Waals surface area contributed by atoms with E-state index in [1.165, 1.54) is 82.1 Å². The molecule has 23 heavy (non-hydrogen) atoms. The van der Waals surface area contributed by atoms with Crippen molar-refractivity contribution < 1.29 is 5.21 Å². The van der Waals surface area contributed by atoms with E-state index in [9.17, 15) is 5.21 Å². The third-order valence-corrected chi connectivity index (χ3v) is 4.60. The first-order chi connectivity index (χ1) is 11.3. The summed E-state index contributed by atoms with van der Waals surface area (Å²) >= 11 is 0. The molecule has 0 aromatic heterocycles. The Hall–Kier alpha value is -0.830. The van der Waals surface area contributed by atoms with Crippen LogP contribution in [0.1, 0.15) is 96.8 Å². The summed E-state index contributed by atoms with van der Waals surface area (Å²) in [7, 11) is 0. The van der Waals surface area contributed by atoms with E-state index < -0.39 is 0 Å². The summed E-state index contributed by atoms with van der Waals surface area (Å²) in [5.74, 6) is 0.816. The summed E-state index contributed by atoms with van der Waals surface area (Å²) in [5.41, 5.74) is 0. The Morgan fingerprint density at radius 3 is 1.96 bits per heavy atom. The molecular formula is C20H38N2O. The molecule has 0 spiro atoms. The molecule has 0 atom stereocenters. The molecule has 0 fully saturated rings. The highest BCUT2D eigenvalue weighted by Gasteiger charge is 2.11. The van der Waals surface area contributed by atoms with E-state index in [1.54, 1.807) is 0 Å². The molecule has 0 amide bonds. The molecule has 0 saturated carbocycles. The first-order valence-corrected chi connectivity index (χ1v) is 9.99. The van der Waals surface area contributed by atoms with Crippen molar-refractivity contribution in [2.75, 3.05) is 13.1 Å². The lowest BCUT2D eigenvalue weighted by atomic mass is 10.0. The van der Waals surface area contributed by atoms with E-state index in [-0.39, 0.29) is 0 Å². The van der Waals surface area contributed by atoms with E-state index in [0.717, 1.165) is 25.2 Å². The van der Waals surface area contributed by atoms with E-state index in [2.05, 4.69) is 24.1 Å². The van der Waals surface area contributed by atoms with Gasteiger partial charge in [0.1, 0.15) is 5.84 Å². The Bertz CT molecular complexity index is 326. The molecule has 3 nitrogen and oxygen atoms in total. The van der Waals surface area contributed by atoms with Crippen molar-refractivity contribution in [2.24, 2.45) is 4.99 Å². The van der Waals surface area contributed by atoms with Gasteiger partial charge >= 0.3 is 0 Å². The van der Waals surface area contributed by atoms with Crippen molar-refractivity contribution in [2.45, 2.75) is 96.8 Å². The van der Waals surface area contributed by atoms with Gasteiger partial charge in [0.25, 0.3) is 0 Å². The molecule has 1 heterocycles. The topological polar surface area (TPSA) is 35.8 Å². The number of rotatable bonds is 15. The van der Waals surface area contributed by atoms with Crippen molar-refractivity contribution in [3.8, 4) is 0 Å². The second-order valence-corrected chi connectivity index (χ2v) is 6.77. The van der Waals surface area contributed by atoms with Gasteiger partial charge in [0.15, 0.2) is 0 Å². The zero-order valence-corrected chi connectivity index (χ0v) is 15.3. The first kappa shape index (κ1) is 20.2. The summed E-state index contributed by atoms with van der Waals surface area (Å²) in [6, 6.07) is 0. The van der Waals surface area contributed by atoms with Crippen LogP contribution in [0, 0.1) is 0 Å². The first-order valence-electron chi connectivity index (χ1n) is 9.99. The van der Waals surface area contributed by atoms with Crippen molar-refractivity contribution in [1.82, 2.24) is 5.06 Å². The van der Waals surface area contributed by atoms with Gasteiger partial charge in [-0.05, 0) is 12.8 Å². The molecule has 1 N–H and O–H groups in total. The smallest absolute Gasteiger partial charge is 0.127 e. The molecular weight excluding hydrogens is 284 g/mol. The fourth-order valence-corrected chi connectivity index (χ4v) is 3.06. The standard InChI is InChI=1S/C20H38N2O/c1-2-3-4-5-6-7-8-9-10-11-12-13-14-15-16-17-20-21-18-19-22(20)23/h15-16,23H,2-14,17-19H2,1H3. The van der Waals surface area contributed by atoms with Crippen LogP contribution in [0.5, 0.6) is 0 Å². The molecule has 0 aromatic carbocycles. The second kappa shape index (κ2) is 14.7. The summed E-state index contributed by atoms with van der Waals surface area (Å²) in [6.07, 6.45) is 23.2. The molecule has 0 bridgehead atoms. The molecule has 0 aliphatic carbocycles. The van der Waals surface area contributed by atoms with Gasteiger partial charge in [-0.3, -0.25) is 10.2 Å². The normalized spacial score (nSPS) is 14.9. The SMILES string of the molecule is CCCCCCCCCCCCCCC=CCC1=NCCN1O. The number of hydroxylamine groups is 2. The van der Waals surface area contributed by atoms with E-state index in [1.807, 2.05) is 0 Å². The van der Waals surface area contributed by atoms with Crippen LogP contribution in [-0.2, 0) is 0 Å². The third kappa shape index (κ3) is 11.4. The van der Waals surface area contributed by atoms with Crippen LogP contribution in [-0.4, -0.2) is 29.2 Å². The average Bonchev–Trinajstić information content (AvgIpc) is 2.96. The summed E-state index contributed by atoms with van der Waals surface area (Å²) in [6.45, 7) is 3.67. The average molecular weight is 323 g/mol. The Morgan fingerprint density at radius 2 is 1.43 bits per heavy atom. The van der Waals surface area contributed by atoms with Crippen LogP contribution in [0.15, 0.2) is 17.1 Å². The maximum Gasteiger partial charge on any atom is 0.127 e. The van der Waals surface area contributed by atoms with Crippen LogP contribution in [0.25, 0.3) is 0 Å². The minimum Gasteiger partial charge on any atom is -0.287 e. The Morgan fingerprint density at radius 1 is 0.870 bits per heavy atom. The van der Waals surface area contributed by atoms with Crippen LogP contribution in [0.4, 0.5) is 0 Å². The number of unbranched alkanes of at least 4 members (excludes halogenated alkanes) is 12. The van der Waals surface area contributed by atoms with Crippen LogP contribution in [0.3, 0.4) is 0 Å². The van der Waals surface area contributed by atoms with Crippen molar-refractivity contribution in [3.05, 3.63) is 12.2 Å². The maximum absolute atomic E-state index is 9.47. The van der Waals surface area contributed by atoms with Crippen LogP contribution in [0.2, 0.25) is 0 Å². The zero-order valence-electron chi connectivity index (χ0n) is 15.3. The minimum atomic E-state index is 0.655. The molecule has 134 valence electrons. The molecule has 0 saturated heterocycles. The lowest BCUT2D eigenvalue weighted by molar-refractivity contribution is -0.00420. The van der Waals surface area contributed by atoms with Crippen molar-refractivity contribution >= 4 is 5.84 Å². The van der Waals surface area contributed by atoms with Crippen molar-refractivity contribution in [3.63, 3.8) is 0 Å². The quantitative estimate of drug-likeness (QED) is 0.291. The van der Waals surface area contributed by atoms with Gasteiger partial charge in [0.2, 0.25) is 0 Å². The number of hydrogen-bond donors (Lipinski definition) is 1. The Labute approximate surface area is 143 Å². The van der Waals surface area contributed by atoms with Gasteiger partial charge in [-0.1, -0.05) is 89.7 Å². The molecule has 1 aliphatic heterocycles. The number of allylic oxidation sites excluding steroid dienone is 1. The van der Waals surface area contributed by atoms with Gasteiger partial charge in [-0.2, -0.15) is 0 Å². The Balaban J connectivity index is 1.76. The molecule has 1 aliphatic rings. The van der Waals surface area contributed by atoms with Crippen molar-refractivity contribution in [1.29, 1.82) is 0 Å². The highest BCUT2D eigenvalue weighted by molar-refractivity contribution is 5.83. The van der Waals surface area contributed by atoms with E-state index in [4.69, 9.17) is 0 Å². The molecule has 0 radical (unpaired) electrons. The highest BCUT2D eigenvalue weighted by Crippen LogP contribution is 2.12. The van der Waals surface area contributed by atoms with Crippen LogP contribution >= 0.6 is 0 Å². The van der Waals surface area contributed by atoms with Gasteiger partial charge in [-0.25, -0.2) is 5.06 Å². The number of hydrogen-bond acceptors (Lipinski definition) is 3. The lowest BCUT2D eigenvalue weighted by Crippen LogP contribution is -2.22. The summed E-state index contributed by atoms with van der Waals surface area (Å²) in [4.78, 5) is 4.26. The summed E-state index contributed by atoms with van der Waals surface area (Å²) in [5, 5.41) is 10.7. The molecule has 3 heteroatoms. The van der Waals surface area contributed by atoms with Crippen LogP contribution < -0.4 is 0 Å². The molecule has 1 rings (SSSR count). The largest absolute Gasteiger partial charge is 0.287 e. The Kier molecular flexibility index (Phi) is 13.0. The fraction of sp³-hybridized carbons (Fsp3) is 0.850. The molecule has 0 aromatic rings. The predicted molar refractivity (Wildman–Crippen MR) is 100 cm³/mol. The number of nitrogens with zero attached hydrogens (tertiary/aromatic N) is 2. The van der Waals surface area contributed by atoms with Gasteiger partial charge < -0.3 is 0 Å². The maximum atomic E-state index is 9.47. The number of aliphatic imine (C=N–C) groups is 1. The number of amidine groups is 1. The highest BCUT2D eigenvalue weighted by atomic mass is 16.5. The van der Waals surface area contributed by atoms with Gasteiger partial charge in [0.05, 0.1) is 13.1 Å². The zero-order chi connectivity index (χ0) is 16.6. The van der Waals surface area contributed by atoms with Gasteiger partial charge in [0, 0.05) is 6.42 Å². The second-order valence-electron chi connectivity index (χ2n) is 6.77. The van der Waals surface area contributed by atoms with Gasteiger partial charge in [-0.15, -0.1) is 0 Å². The monoisotopic (exact) mass is 322 g/mol. The predicted octanol–water partition coefficient (Wildman–Crippen LogP) is 6.13. The minimum absolute atomic E-state index is 0.655. The fourth-order valence-electron chi connectivity index (χ4n) is 3.06.